The normalized spacial score (nSPS) is 28.0. The number of piperidine rings is 1. The van der Waals surface area contributed by atoms with E-state index in [0.717, 1.165) is 68.6 Å². The lowest BCUT2D eigenvalue weighted by Gasteiger charge is -2.48. The number of hydrogen-bond acceptors (Lipinski definition) is 4. The van der Waals surface area contributed by atoms with Crippen LogP contribution in [0.4, 0.5) is 0 Å². The first kappa shape index (κ1) is 18.7. The summed E-state index contributed by atoms with van der Waals surface area (Å²) >= 11 is 0. The Bertz CT molecular complexity index is 616. The molecule has 3 heterocycles. The van der Waals surface area contributed by atoms with E-state index in [9.17, 15) is 4.79 Å². The molecule has 0 radical (unpaired) electrons. The summed E-state index contributed by atoms with van der Waals surface area (Å²) in [4.78, 5) is 19.6. The Labute approximate surface area is 156 Å². The molecule has 1 aliphatic carbocycles. The summed E-state index contributed by atoms with van der Waals surface area (Å²) in [6.07, 6.45) is 5.14. The minimum Gasteiger partial charge on any atom is -0.445 e. The smallest absolute Gasteiger partial charge is 0.226 e. The number of carbonyl (C=O) groups excluding carboxylic acids is 1. The van der Waals surface area contributed by atoms with Gasteiger partial charge < -0.3 is 14.6 Å². The summed E-state index contributed by atoms with van der Waals surface area (Å²) in [5.74, 6) is 4.42. The van der Waals surface area contributed by atoms with Crippen molar-refractivity contribution in [2.75, 3.05) is 19.6 Å². The van der Waals surface area contributed by atoms with Crippen molar-refractivity contribution >= 4 is 18.3 Å². The average Bonchev–Trinajstić information content (AvgIpc) is 2.96. The van der Waals surface area contributed by atoms with Crippen molar-refractivity contribution in [3.63, 3.8) is 0 Å². The highest BCUT2D eigenvalue weighted by molar-refractivity contribution is 5.85. The Kier molecular flexibility index (Phi) is 5.74. The Balaban J connectivity index is 0.00000182. The second-order valence-corrected chi connectivity index (χ2v) is 8.18. The summed E-state index contributed by atoms with van der Waals surface area (Å²) in [5.41, 5.74) is 0.992. The number of carbonyl (C=O) groups is 1. The minimum absolute atomic E-state index is 0. The molecule has 3 atom stereocenters. The second-order valence-electron chi connectivity index (χ2n) is 8.18. The first-order valence-corrected chi connectivity index (χ1v) is 9.58. The zero-order valence-electron chi connectivity index (χ0n) is 15.3. The fourth-order valence-corrected chi connectivity index (χ4v) is 4.48. The third-order valence-corrected chi connectivity index (χ3v) is 6.09. The third-order valence-electron chi connectivity index (χ3n) is 6.09. The number of rotatable bonds is 4. The number of amides is 1. The average molecular weight is 368 g/mol. The van der Waals surface area contributed by atoms with Gasteiger partial charge in [-0.25, -0.2) is 4.98 Å². The molecule has 2 aliphatic heterocycles. The number of aromatic nitrogens is 1. The molecule has 0 aromatic carbocycles. The number of aryl methyl sites for hydroxylation is 1. The second kappa shape index (κ2) is 7.67. The van der Waals surface area contributed by atoms with Gasteiger partial charge in [0.1, 0.15) is 11.5 Å². The van der Waals surface area contributed by atoms with Crippen LogP contribution in [0.5, 0.6) is 0 Å². The number of nitrogens with zero attached hydrogens (tertiary/aromatic N) is 2. The first-order chi connectivity index (χ1) is 11.6. The van der Waals surface area contributed by atoms with Gasteiger partial charge in [-0.05, 0) is 50.1 Å². The Morgan fingerprint density at radius 2 is 2.28 bits per heavy atom. The van der Waals surface area contributed by atoms with Crippen LogP contribution in [0.1, 0.15) is 50.5 Å². The van der Waals surface area contributed by atoms with Crippen molar-refractivity contribution in [1.29, 1.82) is 0 Å². The van der Waals surface area contributed by atoms with Gasteiger partial charge >= 0.3 is 0 Å². The fraction of sp³-hybridized carbons (Fsp3) is 0.789. The third kappa shape index (κ3) is 3.72. The summed E-state index contributed by atoms with van der Waals surface area (Å²) in [6.45, 7) is 7.99. The standard InChI is InChI=1S/C19H29N3O2.ClH/c1-12(2)3-4-18-21-16-11-22(8-6-17(16)24-18)19(23)14-9-13-5-7-20-10-15(13)14;/h12-15,20H,3-11H2,1-2H3;1H/t13-,14-,15-;/m1./s1. The molecule has 1 aromatic rings. The Hall–Kier alpha value is -1.07. The van der Waals surface area contributed by atoms with Crippen molar-refractivity contribution in [3.05, 3.63) is 17.3 Å². The molecule has 0 unspecified atom stereocenters. The molecule has 4 rings (SSSR count). The van der Waals surface area contributed by atoms with Crippen LogP contribution in [0.2, 0.25) is 0 Å². The number of oxazole rings is 1. The van der Waals surface area contributed by atoms with Gasteiger partial charge in [0.25, 0.3) is 0 Å². The predicted octanol–water partition coefficient (Wildman–Crippen LogP) is 2.82. The van der Waals surface area contributed by atoms with E-state index >= 15 is 0 Å². The van der Waals surface area contributed by atoms with Crippen LogP contribution >= 0.6 is 12.4 Å². The summed E-state index contributed by atoms with van der Waals surface area (Å²) in [5, 5.41) is 3.45. The van der Waals surface area contributed by atoms with E-state index in [1.165, 1.54) is 6.42 Å². The summed E-state index contributed by atoms with van der Waals surface area (Å²) < 4.78 is 5.91. The van der Waals surface area contributed by atoms with Crippen LogP contribution in [0.25, 0.3) is 0 Å². The van der Waals surface area contributed by atoms with Crippen LogP contribution in [0, 0.1) is 23.7 Å². The van der Waals surface area contributed by atoms with Crippen LogP contribution in [-0.4, -0.2) is 35.4 Å². The van der Waals surface area contributed by atoms with E-state index in [2.05, 4.69) is 24.1 Å². The molecular weight excluding hydrogens is 338 g/mol. The molecule has 1 aromatic heterocycles. The molecule has 1 N–H and O–H groups in total. The van der Waals surface area contributed by atoms with Crippen molar-refractivity contribution < 1.29 is 9.21 Å². The van der Waals surface area contributed by atoms with Crippen LogP contribution in [0.3, 0.4) is 0 Å². The van der Waals surface area contributed by atoms with Gasteiger partial charge in [-0.2, -0.15) is 0 Å². The monoisotopic (exact) mass is 367 g/mol. The maximum Gasteiger partial charge on any atom is 0.226 e. The quantitative estimate of drug-likeness (QED) is 0.889. The van der Waals surface area contributed by atoms with Crippen LogP contribution < -0.4 is 5.32 Å². The molecule has 140 valence electrons. The van der Waals surface area contributed by atoms with Crippen molar-refractivity contribution in [1.82, 2.24) is 15.2 Å². The highest BCUT2D eigenvalue weighted by atomic mass is 35.5. The zero-order chi connectivity index (χ0) is 16.7. The van der Waals surface area contributed by atoms with Crippen LogP contribution in [-0.2, 0) is 24.2 Å². The first-order valence-electron chi connectivity index (χ1n) is 9.58. The highest BCUT2D eigenvalue weighted by Gasteiger charge is 2.47. The molecule has 3 aliphatic rings. The van der Waals surface area contributed by atoms with Gasteiger partial charge in [-0.1, -0.05) is 13.8 Å². The number of fused-ring (bicyclic) bond motifs is 2. The lowest BCUT2D eigenvalue weighted by molar-refractivity contribution is -0.146. The molecule has 1 saturated heterocycles. The highest BCUT2D eigenvalue weighted by Crippen LogP contribution is 2.45. The predicted molar refractivity (Wildman–Crippen MR) is 98.6 cm³/mol. The molecule has 2 fully saturated rings. The number of nitrogens with one attached hydrogen (secondary N) is 1. The van der Waals surface area contributed by atoms with E-state index in [4.69, 9.17) is 4.42 Å². The topological polar surface area (TPSA) is 58.4 Å². The largest absolute Gasteiger partial charge is 0.445 e. The van der Waals surface area contributed by atoms with Crippen molar-refractivity contribution in [2.24, 2.45) is 23.7 Å². The zero-order valence-corrected chi connectivity index (χ0v) is 16.1. The fourth-order valence-electron chi connectivity index (χ4n) is 4.48. The van der Waals surface area contributed by atoms with E-state index in [1.807, 2.05) is 4.90 Å². The molecule has 25 heavy (non-hydrogen) atoms. The minimum atomic E-state index is 0. The van der Waals surface area contributed by atoms with Gasteiger partial charge in [0.2, 0.25) is 5.91 Å². The van der Waals surface area contributed by atoms with Gasteiger partial charge in [-0.3, -0.25) is 4.79 Å². The summed E-state index contributed by atoms with van der Waals surface area (Å²) in [6, 6.07) is 0. The van der Waals surface area contributed by atoms with Gasteiger partial charge in [-0.15, -0.1) is 12.4 Å². The number of hydrogen-bond donors (Lipinski definition) is 1. The summed E-state index contributed by atoms with van der Waals surface area (Å²) in [7, 11) is 0. The lowest BCUT2D eigenvalue weighted by Crippen LogP contribution is -2.55. The molecule has 5 nitrogen and oxygen atoms in total. The van der Waals surface area contributed by atoms with Gasteiger partial charge in [0.05, 0.1) is 6.54 Å². The molecule has 6 heteroatoms. The number of halogens is 1. The van der Waals surface area contributed by atoms with E-state index in [0.29, 0.717) is 24.3 Å². The van der Waals surface area contributed by atoms with E-state index < -0.39 is 0 Å². The maximum absolute atomic E-state index is 12.9. The molecule has 0 spiro atoms. The Morgan fingerprint density at radius 3 is 3.04 bits per heavy atom. The SMILES string of the molecule is CC(C)CCc1nc2c(o1)CCN(C(=O)[C@@H]1C[C@H]3CCNC[C@H]31)C2.Cl. The van der Waals surface area contributed by atoms with Crippen molar-refractivity contribution in [3.8, 4) is 0 Å². The molecule has 0 bridgehead atoms. The van der Waals surface area contributed by atoms with Crippen LogP contribution in [0.15, 0.2) is 4.42 Å². The van der Waals surface area contributed by atoms with Gasteiger partial charge in [0, 0.05) is 25.3 Å². The van der Waals surface area contributed by atoms with E-state index in [-0.39, 0.29) is 18.3 Å². The van der Waals surface area contributed by atoms with Gasteiger partial charge in [0.15, 0.2) is 5.89 Å². The van der Waals surface area contributed by atoms with Crippen molar-refractivity contribution in [2.45, 2.75) is 52.5 Å². The molecule has 1 saturated carbocycles. The van der Waals surface area contributed by atoms with E-state index in [1.54, 1.807) is 0 Å². The Morgan fingerprint density at radius 1 is 1.44 bits per heavy atom. The lowest BCUT2D eigenvalue weighted by atomic mass is 9.61. The molecule has 1 amide bonds. The maximum atomic E-state index is 12.9. The molecular formula is C19H30ClN3O2.